The third-order valence-corrected chi connectivity index (χ3v) is 8.18. The van der Waals surface area contributed by atoms with Crippen molar-refractivity contribution < 1.29 is 50.6 Å². The first-order valence-corrected chi connectivity index (χ1v) is 17.0. The van der Waals surface area contributed by atoms with E-state index in [1.54, 1.807) is 96.1 Å². The van der Waals surface area contributed by atoms with E-state index in [1.807, 2.05) is 24.3 Å². The summed E-state index contributed by atoms with van der Waals surface area (Å²) in [6.07, 6.45) is 0.858. The van der Waals surface area contributed by atoms with Crippen LogP contribution in [-0.2, 0) is 46.9 Å². The van der Waals surface area contributed by atoms with E-state index in [4.69, 9.17) is 21.1 Å². The summed E-state index contributed by atoms with van der Waals surface area (Å²) in [5.41, 5.74) is 0.402. The third-order valence-electron chi connectivity index (χ3n) is 7.82. The van der Waals surface area contributed by atoms with Crippen LogP contribution in [0.2, 0.25) is 5.02 Å². The first-order chi connectivity index (χ1) is 23.5. The quantitative estimate of drug-likeness (QED) is 0.0822. The number of carboxylic acids is 1. The number of hydrogen-bond donors (Lipinski definition) is 0. The number of carboxylic acid groups (broad SMARTS) is 1. The van der Waals surface area contributed by atoms with Gasteiger partial charge < -0.3 is 24.5 Å². The summed E-state index contributed by atoms with van der Waals surface area (Å²) in [7, 11) is 0. The molecule has 0 aliphatic carbocycles. The van der Waals surface area contributed by atoms with Crippen LogP contribution in [0.25, 0.3) is 0 Å². The molecule has 1 saturated heterocycles. The Morgan fingerprint density at radius 3 is 2.02 bits per heavy atom. The molecule has 10 nitrogen and oxygen atoms in total. The number of likely N-dealkylation sites (tertiary alicyclic amines) is 1. The molecular formula is C39H44ClN3NiO7. The van der Waals surface area contributed by atoms with Crippen LogP contribution in [-0.4, -0.2) is 64.2 Å². The van der Waals surface area contributed by atoms with E-state index in [9.17, 15) is 24.6 Å². The van der Waals surface area contributed by atoms with E-state index in [-0.39, 0.29) is 33.8 Å². The van der Waals surface area contributed by atoms with Crippen molar-refractivity contribution >= 4 is 46.8 Å². The molecule has 4 rings (SSSR count). The molecule has 12 heteroatoms. The van der Waals surface area contributed by atoms with Gasteiger partial charge in [0, 0.05) is 28.7 Å². The number of carbonyl (C=O) groups is 3. The molecule has 1 aliphatic rings. The summed E-state index contributed by atoms with van der Waals surface area (Å²) >= 11 is 6.41. The molecule has 0 aromatic heterocycles. The van der Waals surface area contributed by atoms with E-state index < -0.39 is 53.5 Å². The second-order valence-corrected chi connectivity index (χ2v) is 14.6. The van der Waals surface area contributed by atoms with Gasteiger partial charge >= 0.3 is 28.4 Å². The Labute approximate surface area is 314 Å². The number of ether oxygens (including phenoxy) is 2. The van der Waals surface area contributed by atoms with Crippen LogP contribution in [0.15, 0.2) is 88.8 Å². The minimum absolute atomic E-state index is 0. The maximum Gasteiger partial charge on any atom is 2.00 e. The number of esters is 2. The molecule has 0 N–H and O–H groups in total. The predicted octanol–water partition coefficient (Wildman–Crippen LogP) is 5.04. The Bertz CT molecular complexity index is 1710. The molecule has 1 heterocycles. The molecule has 1 fully saturated rings. The van der Waals surface area contributed by atoms with Gasteiger partial charge in [-0.2, -0.15) is 0 Å². The van der Waals surface area contributed by atoms with Crippen LogP contribution in [0.3, 0.4) is 0 Å². The molecule has 0 radical (unpaired) electrons. The van der Waals surface area contributed by atoms with Crippen molar-refractivity contribution in [2.45, 2.75) is 90.6 Å². The Hall–Kier alpha value is -4.05. The zero-order valence-corrected chi connectivity index (χ0v) is 31.4. The fraction of sp³-hybridized carbons (Fsp3) is 0.410. The Kier molecular flexibility index (Phi) is 14.6. The Morgan fingerprint density at radius 2 is 1.43 bits per heavy atom. The number of aliphatic imine (C=N–C) groups is 2. The van der Waals surface area contributed by atoms with Crippen molar-refractivity contribution in [3.63, 3.8) is 0 Å². The van der Waals surface area contributed by atoms with E-state index in [0.717, 1.165) is 12.0 Å². The van der Waals surface area contributed by atoms with Gasteiger partial charge in [-0.1, -0.05) is 78.3 Å². The average Bonchev–Trinajstić information content (AvgIpc) is 3.49. The predicted molar refractivity (Wildman–Crippen MR) is 189 cm³/mol. The van der Waals surface area contributed by atoms with Gasteiger partial charge in [0.25, 0.3) is 0 Å². The number of carbonyl (C=O) groups excluding carboxylic acids is 3. The monoisotopic (exact) mass is 759 g/mol. The first-order valence-electron chi connectivity index (χ1n) is 16.6. The average molecular weight is 761 g/mol. The SMILES string of the molecule is CC(C)(C)OC(=O)C(C[C@@H](N=C(c1ccccc1)c1ccccc1N=C([O-])[C@@H]1CCCN1Cc1ccccc1Cl)C(=O)[O-])C(=O)OC(C)(C)C.[Ni+2]. The topological polar surface area (TPSA) is 144 Å². The van der Waals surface area contributed by atoms with Gasteiger partial charge in [0.1, 0.15) is 11.2 Å². The number of benzene rings is 3. The third kappa shape index (κ3) is 12.0. The zero-order valence-electron chi connectivity index (χ0n) is 29.7. The summed E-state index contributed by atoms with van der Waals surface area (Å²) in [6, 6.07) is 21.0. The number of para-hydroxylation sites is 1. The fourth-order valence-electron chi connectivity index (χ4n) is 5.62. The minimum atomic E-state index is -1.68. The summed E-state index contributed by atoms with van der Waals surface area (Å²) < 4.78 is 11.0. The Morgan fingerprint density at radius 1 is 0.863 bits per heavy atom. The number of hydrogen-bond acceptors (Lipinski definition) is 10. The molecule has 0 saturated carbocycles. The van der Waals surface area contributed by atoms with Crippen molar-refractivity contribution in [3.8, 4) is 0 Å². The van der Waals surface area contributed by atoms with Crippen molar-refractivity contribution in [3.05, 3.63) is 101 Å². The van der Waals surface area contributed by atoms with Gasteiger partial charge in [-0.3, -0.25) is 24.5 Å². The first kappa shape index (κ1) is 41.4. The molecule has 3 aromatic rings. The zero-order chi connectivity index (χ0) is 36.6. The van der Waals surface area contributed by atoms with Gasteiger partial charge in [0.05, 0.1) is 23.4 Å². The maximum absolute atomic E-state index is 13.8. The van der Waals surface area contributed by atoms with Gasteiger partial charge in [0.2, 0.25) is 0 Å². The van der Waals surface area contributed by atoms with Crippen molar-refractivity contribution in [1.29, 1.82) is 0 Å². The standard InChI is InChI=1S/C39H46ClN3O7.Ni/c1-38(2,3)49-36(47)28(37(48)50-39(4,5)6)23-31(35(45)46)41-33(25-15-8-7-9-16-25)27-18-11-13-20-30(27)42-34(44)32-21-14-22-43(32)24-26-17-10-12-19-29(26)40;/h7-13,15-20,28,31-32H,14,21-24H2,1-6H3,(H,42,44)(H,45,46);/q;+2/p-2/t31-,32+;/m1./s1. The number of nitrogens with zero attached hydrogens (tertiary/aromatic N) is 3. The van der Waals surface area contributed by atoms with Gasteiger partial charge in [-0.25, -0.2) is 0 Å². The second-order valence-electron chi connectivity index (χ2n) is 14.2. The van der Waals surface area contributed by atoms with Crippen LogP contribution in [0.1, 0.15) is 77.5 Å². The van der Waals surface area contributed by atoms with Crippen LogP contribution >= 0.6 is 11.6 Å². The number of halogens is 1. The van der Waals surface area contributed by atoms with Crippen LogP contribution in [0.4, 0.5) is 5.69 Å². The van der Waals surface area contributed by atoms with Crippen molar-refractivity contribution in [2.24, 2.45) is 15.9 Å². The van der Waals surface area contributed by atoms with E-state index in [0.29, 0.717) is 35.7 Å². The van der Waals surface area contributed by atoms with Gasteiger partial charge in [-0.15, -0.1) is 0 Å². The largest absolute Gasteiger partial charge is 2.00 e. The molecule has 274 valence electrons. The van der Waals surface area contributed by atoms with E-state index in [1.165, 1.54) is 0 Å². The summed E-state index contributed by atoms with van der Waals surface area (Å²) in [4.78, 5) is 50.5. The smallest absolute Gasteiger partial charge is 0.861 e. The summed E-state index contributed by atoms with van der Waals surface area (Å²) in [5, 5.41) is 27.1. The number of aliphatic carboxylic acids is 1. The summed E-state index contributed by atoms with van der Waals surface area (Å²) in [6.45, 7) is 11.0. The minimum Gasteiger partial charge on any atom is -0.861 e. The summed E-state index contributed by atoms with van der Waals surface area (Å²) in [5.74, 6) is -5.44. The maximum atomic E-state index is 13.8. The molecule has 2 atom stereocenters. The molecule has 51 heavy (non-hydrogen) atoms. The van der Waals surface area contributed by atoms with E-state index in [2.05, 4.69) is 14.9 Å². The van der Waals surface area contributed by atoms with Crippen molar-refractivity contribution in [1.82, 2.24) is 4.90 Å². The fourth-order valence-corrected chi connectivity index (χ4v) is 5.81. The van der Waals surface area contributed by atoms with Crippen LogP contribution in [0, 0.1) is 5.92 Å². The van der Waals surface area contributed by atoms with Crippen molar-refractivity contribution in [2.75, 3.05) is 6.54 Å². The molecule has 0 bridgehead atoms. The van der Waals surface area contributed by atoms with Gasteiger partial charge in [0.15, 0.2) is 5.92 Å². The molecule has 0 unspecified atom stereocenters. The molecule has 1 aliphatic heterocycles. The normalized spacial score (nSPS) is 16.4. The molecule has 3 aromatic carbocycles. The molecule has 0 spiro atoms. The molecular weight excluding hydrogens is 717 g/mol. The van der Waals surface area contributed by atoms with Gasteiger partial charge in [-0.05, 0) is 90.9 Å². The Balaban J connectivity index is 0.00000702. The van der Waals surface area contributed by atoms with Crippen LogP contribution < -0.4 is 10.2 Å². The second kappa shape index (κ2) is 17.9. The number of rotatable bonds is 12. The van der Waals surface area contributed by atoms with E-state index >= 15 is 0 Å². The van der Waals surface area contributed by atoms with Crippen LogP contribution in [0.5, 0.6) is 0 Å². The molecule has 0 amide bonds.